The van der Waals surface area contributed by atoms with Crippen LogP contribution in [0.1, 0.15) is 21.7 Å². The van der Waals surface area contributed by atoms with Crippen molar-refractivity contribution in [2.75, 3.05) is 20.8 Å². The van der Waals surface area contributed by atoms with Crippen LogP contribution >= 0.6 is 0 Å². The number of carbonyl (C=O) groups is 1. The van der Waals surface area contributed by atoms with Crippen LogP contribution in [0, 0.1) is 10.1 Å². The van der Waals surface area contributed by atoms with Gasteiger partial charge in [0, 0.05) is 12.1 Å². The van der Waals surface area contributed by atoms with Crippen molar-refractivity contribution in [2.45, 2.75) is 13.0 Å². The van der Waals surface area contributed by atoms with E-state index in [9.17, 15) is 14.9 Å². The Kier molecular flexibility index (Phi) is 5.96. The van der Waals surface area contributed by atoms with Gasteiger partial charge in [-0.15, -0.1) is 0 Å². The normalized spacial score (nSPS) is 10.4. The van der Waals surface area contributed by atoms with E-state index in [0.717, 1.165) is 0 Å². The fourth-order valence-corrected chi connectivity index (χ4v) is 2.30. The lowest BCUT2D eigenvalue weighted by Gasteiger charge is -2.11. The molecule has 2 rings (SSSR count). The Bertz CT molecular complexity index is 771. The molecule has 0 fully saturated rings. The van der Waals surface area contributed by atoms with Gasteiger partial charge in [0.2, 0.25) is 0 Å². The molecule has 2 aromatic rings. The van der Waals surface area contributed by atoms with Crippen LogP contribution in [0.3, 0.4) is 0 Å². The first kappa shape index (κ1) is 18.3. The average molecular weight is 349 g/mol. The van der Waals surface area contributed by atoms with Gasteiger partial charge >= 0.3 is 0 Å². The molecule has 3 N–H and O–H groups in total. The number of nitrogens with one attached hydrogen (secondary N) is 1. The Balaban J connectivity index is 2.08. The molecule has 0 bridgehead atoms. The molecule has 1 heterocycles. The molecule has 0 spiro atoms. The van der Waals surface area contributed by atoms with Crippen LogP contribution in [0.15, 0.2) is 28.9 Å². The number of carbonyl (C=O) groups excluding carboxylic acids is 1. The SMILES string of the molecule is COc1cc(CCNC(=O)c2coc(CN)c2)c([N+](=O)[O-])cc1OC. The standard InChI is InChI=1S/C16H19N3O6/c1-23-14-6-10(13(19(21)22)7-15(14)24-2)3-4-18-16(20)11-5-12(8-17)25-9-11/h5-7,9H,3-4,8,17H2,1-2H3,(H,18,20). The van der Waals surface area contributed by atoms with E-state index in [1.807, 2.05) is 0 Å². The number of methoxy groups -OCH3 is 2. The number of rotatable bonds is 8. The number of hydrogen-bond acceptors (Lipinski definition) is 7. The number of nitro benzene ring substituents is 1. The van der Waals surface area contributed by atoms with Crippen molar-refractivity contribution >= 4 is 11.6 Å². The molecule has 0 saturated heterocycles. The number of nitrogens with two attached hydrogens (primary N) is 1. The summed E-state index contributed by atoms with van der Waals surface area (Å²) in [6, 6.07) is 4.39. The number of amides is 1. The number of nitro groups is 1. The minimum atomic E-state index is -0.497. The van der Waals surface area contributed by atoms with Crippen molar-refractivity contribution in [2.24, 2.45) is 5.73 Å². The zero-order valence-corrected chi connectivity index (χ0v) is 13.9. The molecule has 0 radical (unpaired) electrons. The monoisotopic (exact) mass is 349 g/mol. The number of nitrogens with zero attached hydrogens (tertiary/aromatic N) is 1. The zero-order valence-electron chi connectivity index (χ0n) is 13.9. The molecule has 1 aromatic heterocycles. The van der Waals surface area contributed by atoms with Gasteiger partial charge in [-0.2, -0.15) is 0 Å². The first-order valence-corrected chi connectivity index (χ1v) is 7.45. The van der Waals surface area contributed by atoms with Crippen molar-refractivity contribution in [3.63, 3.8) is 0 Å². The summed E-state index contributed by atoms with van der Waals surface area (Å²) >= 11 is 0. The third-order valence-electron chi connectivity index (χ3n) is 3.58. The highest BCUT2D eigenvalue weighted by Crippen LogP contribution is 2.34. The van der Waals surface area contributed by atoms with E-state index in [1.54, 1.807) is 6.07 Å². The summed E-state index contributed by atoms with van der Waals surface area (Å²) in [5.41, 5.74) is 6.11. The van der Waals surface area contributed by atoms with Crippen LogP contribution in [0.2, 0.25) is 0 Å². The summed E-state index contributed by atoms with van der Waals surface area (Å²) < 4.78 is 15.3. The summed E-state index contributed by atoms with van der Waals surface area (Å²) in [4.78, 5) is 22.8. The Labute approximate surface area is 143 Å². The summed E-state index contributed by atoms with van der Waals surface area (Å²) in [7, 11) is 2.85. The molecule has 0 atom stereocenters. The van der Waals surface area contributed by atoms with E-state index in [2.05, 4.69) is 5.32 Å². The zero-order chi connectivity index (χ0) is 18.4. The van der Waals surface area contributed by atoms with E-state index >= 15 is 0 Å². The Morgan fingerprint density at radius 1 is 1.28 bits per heavy atom. The van der Waals surface area contributed by atoms with Crippen molar-refractivity contribution in [1.29, 1.82) is 0 Å². The average Bonchev–Trinajstić information content (AvgIpc) is 3.10. The smallest absolute Gasteiger partial charge is 0.276 e. The minimum absolute atomic E-state index is 0.0966. The maximum absolute atomic E-state index is 12.0. The fourth-order valence-electron chi connectivity index (χ4n) is 2.30. The second-order valence-corrected chi connectivity index (χ2v) is 5.10. The van der Waals surface area contributed by atoms with Gasteiger partial charge < -0.3 is 24.9 Å². The lowest BCUT2D eigenvalue weighted by molar-refractivity contribution is -0.385. The topological polar surface area (TPSA) is 130 Å². The fraction of sp³-hybridized carbons (Fsp3) is 0.312. The largest absolute Gasteiger partial charge is 0.493 e. The van der Waals surface area contributed by atoms with Gasteiger partial charge in [-0.05, 0) is 18.6 Å². The lowest BCUT2D eigenvalue weighted by atomic mass is 10.1. The predicted octanol–water partition coefficient (Wildman–Crippen LogP) is 1.64. The van der Waals surface area contributed by atoms with Crippen molar-refractivity contribution < 1.29 is 23.6 Å². The van der Waals surface area contributed by atoms with Crippen LogP contribution in [0.5, 0.6) is 11.5 Å². The van der Waals surface area contributed by atoms with Crippen LogP contribution in [0.25, 0.3) is 0 Å². The Morgan fingerprint density at radius 3 is 2.52 bits per heavy atom. The van der Waals surface area contributed by atoms with Crippen molar-refractivity contribution in [1.82, 2.24) is 5.32 Å². The maximum atomic E-state index is 12.0. The molecule has 0 aliphatic carbocycles. The van der Waals surface area contributed by atoms with Crippen LogP contribution < -0.4 is 20.5 Å². The van der Waals surface area contributed by atoms with Gasteiger partial charge in [0.15, 0.2) is 11.5 Å². The third-order valence-corrected chi connectivity index (χ3v) is 3.58. The second kappa shape index (κ2) is 8.15. The molecule has 0 saturated carbocycles. The molecule has 25 heavy (non-hydrogen) atoms. The highest BCUT2D eigenvalue weighted by molar-refractivity contribution is 5.93. The number of hydrogen-bond donors (Lipinski definition) is 2. The molecule has 0 unspecified atom stereocenters. The molecule has 9 heteroatoms. The molecule has 0 aliphatic rings. The van der Waals surface area contributed by atoms with Crippen molar-refractivity contribution in [3.05, 3.63) is 51.5 Å². The molecule has 1 amide bonds. The highest BCUT2D eigenvalue weighted by atomic mass is 16.6. The van der Waals surface area contributed by atoms with Crippen LogP contribution in [-0.2, 0) is 13.0 Å². The quantitative estimate of drug-likeness (QED) is 0.547. The predicted molar refractivity (Wildman–Crippen MR) is 88.8 cm³/mol. The molecular weight excluding hydrogens is 330 g/mol. The summed E-state index contributed by atoms with van der Waals surface area (Å²) in [5.74, 6) is 0.818. The molecule has 9 nitrogen and oxygen atoms in total. The molecule has 1 aromatic carbocycles. The van der Waals surface area contributed by atoms with Crippen LogP contribution in [-0.4, -0.2) is 31.6 Å². The first-order valence-electron chi connectivity index (χ1n) is 7.45. The highest BCUT2D eigenvalue weighted by Gasteiger charge is 2.19. The van der Waals surface area contributed by atoms with Gasteiger partial charge in [-0.25, -0.2) is 0 Å². The first-order chi connectivity index (χ1) is 12.0. The van der Waals surface area contributed by atoms with Crippen LogP contribution in [0.4, 0.5) is 5.69 Å². The molecule has 134 valence electrons. The number of benzene rings is 1. The van der Waals surface area contributed by atoms with Gasteiger partial charge in [-0.3, -0.25) is 14.9 Å². The summed E-state index contributed by atoms with van der Waals surface area (Å²) in [5, 5.41) is 13.9. The van der Waals surface area contributed by atoms with Gasteiger partial charge in [0.05, 0.1) is 37.3 Å². The molecular formula is C16H19N3O6. The van der Waals surface area contributed by atoms with Crippen molar-refractivity contribution in [3.8, 4) is 11.5 Å². The Morgan fingerprint density at radius 2 is 1.96 bits per heavy atom. The molecule has 0 aliphatic heterocycles. The Hall–Kier alpha value is -3.07. The summed E-state index contributed by atoms with van der Waals surface area (Å²) in [6.45, 7) is 0.406. The van der Waals surface area contributed by atoms with E-state index < -0.39 is 4.92 Å². The third kappa shape index (κ3) is 4.27. The summed E-state index contributed by atoms with van der Waals surface area (Å²) in [6.07, 6.45) is 1.57. The van der Waals surface area contributed by atoms with E-state index in [0.29, 0.717) is 22.6 Å². The minimum Gasteiger partial charge on any atom is -0.493 e. The maximum Gasteiger partial charge on any atom is 0.276 e. The number of ether oxygens (including phenoxy) is 2. The lowest BCUT2D eigenvalue weighted by Crippen LogP contribution is -2.25. The second-order valence-electron chi connectivity index (χ2n) is 5.10. The van der Waals surface area contributed by atoms with Gasteiger partial charge in [-0.1, -0.05) is 0 Å². The van der Waals surface area contributed by atoms with E-state index in [4.69, 9.17) is 19.6 Å². The van der Waals surface area contributed by atoms with Gasteiger partial charge in [0.1, 0.15) is 12.0 Å². The van der Waals surface area contributed by atoms with Gasteiger partial charge in [0.25, 0.3) is 11.6 Å². The number of furan rings is 1. The van der Waals surface area contributed by atoms with E-state index in [1.165, 1.54) is 32.6 Å². The van der Waals surface area contributed by atoms with E-state index in [-0.39, 0.29) is 36.9 Å².